The first kappa shape index (κ1) is 26.4. The number of fused-ring (bicyclic) bond motifs is 1. The number of hydrogen-bond acceptors (Lipinski definition) is 8. The summed E-state index contributed by atoms with van der Waals surface area (Å²) in [5, 5.41) is 9.64. The van der Waals surface area contributed by atoms with Gasteiger partial charge in [-0.2, -0.15) is 5.26 Å². The van der Waals surface area contributed by atoms with E-state index in [0.717, 1.165) is 17.5 Å². The van der Waals surface area contributed by atoms with E-state index in [0.29, 0.717) is 34.6 Å². The van der Waals surface area contributed by atoms with Crippen LogP contribution >= 0.6 is 15.9 Å². The molecular formula is C25H27BrN8O3. The third-order valence-corrected chi connectivity index (χ3v) is 6.83. The zero-order valence-electron chi connectivity index (χ0n) is 20.4. The van der Waals surface area contributed by atoms with Gasteiger partial charge >= 0.3 is 0 Å². The van der Waals surface area contributed by atoms with E-state index in [9.17, 15) is 19.6 Å². The Hall–Kier alpha value is -3.71. The summed E-state index contributed by atoms with van der Waals surface area (Å²) in [4.78, 5) is 46.6. The van der Waals surface area contributed by atoms with E-state index in [1.807, 2.05) is 4.90 Å². The van der Waals surface area contributed by atoms with Gasteiger partial charge in [-0.15, -0.1) is 5.92 Å². The summed E-state index contributed by atoms with van der Waals surface area (Å²) in [7, 11) is 0. The fourth-order valence-electron chi connectivity index (χ4n) is 4.51. The number of nitriles is 1. The minimum atomic E-state index is -0.599. The molecule has 0 spiro atoms. The Kier molecular flexibility index (Phi) is 7.93. The minimum Gasteiger partial charge on any atom is -0.341 e. The van der Waals surface area contributed by atoms with Crippen molar-refractivity contribution in [1.82, 2.24) is 18.9 Å². The van der Waals surface area contributed by atoms with Crippen LogP contribution in [-0.4, -0.2) is 50.4 Å². The van der Waals surface area contributed by atoms with Crippen molar-refractivity contribution in [3.63, 3.8) is 0 Å². The summed E-state index contributed by atoms with van der Waals surface area (Å²) in [5.74, 6) is 5.82. The third-order valence-electron chi connectivity index (χ3n) is 6.33. The topological polar surface area (TPSA) is 158 Å². The Bertz CT molecular complexity index is 1580. The predicted molar refractivity (Wildman–Crippen MR) is 143 cm³/mol. The Morgan fingerprint density at radius 3 is 2.73 bits per heavy atom. The average Bonchev–Trinajstić information content (AvgIpc) is 3.28. The lowest BCUT2D eigenvalue weighted by molar-refractivity contribution is -0.118. The van der Waals surface area contributed by atoms with Crippen LogP contribution in [-0.2, 0) is 24.4 Å². The molecule has 1 aromatic carbocycles. The number of anilines is 1. The molecule has 1 fully saturated rings. The molecule has 1 aliphatic heterocycles. The highest BCUT2D eigenvalue weighted by molar-refractivity contribution is 9.10. The van der Waals surface area contributed by atoms with Crippen molar-refractivity contribution in [1.29, 1.82) is 5.26 Å². The fourth-order valence-corrected chi connectivity index (χ4v) is 4.87. The van der Waals surface area contributed by atoms with Crippen LogP contribution in [0.4, 0.5) is 5.95 Å². The van der Waals surface area contributed by atoms with Crippen LogP contribution in [0.5, 0.6) is 0 Å². The number of rotatable bonds is 7. The van der Waals surface area contributed by atoms with Crippen molar-refractivity contribution >= 4 is 38.7 Å². The van der Waals surface area contributed by atoms with E-state index in [4.69, 9.17) is 11.5 Å². The summed E-state index contributed by atoms with van der Waals surface area (Å²) in [6.45, 7) is 2.25. The number of carbonyl (C=O) groups excluding carboxylic acids is 1. The Morgan fingerprint density at radius 1 is 1.27 bits per heavy atom. The molecule has 4 rings (SSSR count). The van der Waals surface area contributed by atoms with Gasteiger partial charge in [0.25, 0.3) is 11.1 Å². The molecule has 3 aromatic rings. The summed E-state index contributed by atoms with van der Waals surface area (Å²) in [6, 6.07) is 7.12. The molecule has 0 bridgehead atoms. The van der Waals surface area contributed by atoms with E-state index in [-0.39, 0.29) is 36.7 Å². The highest BCUT2D eigenvalue weighted by Crippen LogP contribution is 2.23. The average molecular weight is 567 g/mol. The molecule has 0 radical (unpaired) electrons. The second kappa shape index (κ2) is 11.1. The van der Waals surface area contributed by atoms with Crippen molar-refractivity contribution in [2.45, 2.75) is 45.4 Å². The zero-order valence-corrected chi connectivity index (χ0v) is 22.0. The molecule has 1 atom stereocenters. The highest BCUT2D eigenvalue weighted by atomic mass is 79.9. The predicted octanol–water partition coefficient (Wildman–Crippen LogP) is 0.521. The van der Waals surface area contributed by atoms with E-state index < -0.39 is 23.4 Å². The number of carbonyl (C=O) groups is 1. The van der Waals surface area contributed by atoms with Crippen molar-refractivity contribution in [2.24, 2.45) is 11.5 Å². The maximum atomic E-state index is 14.0. The van der Waals surface area contributed by atoms with Crippen molar-refractivity contribution < 1.29 is 4.79 Å². The zero-order chi connectivity index (χ0) is 26.7. The number of imidazole rings is 1. The molecule has 192 valence electrons. The van der Waals surface area contributed by atoms with Crippen LogP contribution in [0.2, 0.25) is 0 Å². The lowest BCUT2D eigenvalue weighted by Gasteiger charge is -2.31. The van der Waals surface area contributed by atoms with Crippen molar-refractivity contribution in [2.75, 3.05) is 24.5 Å². The molecule has 1 saturated heterocycles. The van der Waals surface area contributed by atoms with Crippen LogP contribution in [0.25, 0.3) is 11.0 Å². The maximum absolute atomic E-state index is 14.0. The normalized spacial score (nSPS) is 15.3. The Labute approximate surface area is 221 Å². The number of benzene rings is 1. The van der Waals surface area contributed by atoms with E-state index >= 15 is 0 Å². The van der Waals surface area contributed by atoms with E-state index in [2.05, 4.69) is 38.8 Å². The van der Waals surface area contributed by atoms with Crippen LogP contribution < -0.4 is 27.5 Å². The summed E-state index contributed by atoms with van der Waals surface area (Å²) < 4.78 is 4.60. The fraction of sp³-hybridized carbons (Fsp3) is 0.400. The summed E-state index contributed by atoms with van der Waals surface area (Å²) >= 11 is 3.34. The number of nitrogens with two attached hydrogens (primary N) is 2. The molecule has 37 heavy (non-hydrogen) atoms. The molecule has 0 saturated carbocycles. The minimum absolute atomic E-state index is 0.0468. The SMILES string of the molecule is CC#CCn1c(N2CCCC(N)C2)nc2c(=O)n(CC(=O)CN)n(Cc3ccc(Br)cc3C#N)c(=O)c21. The smallest absolute Gasteiger partial charge is 0.294 e. The Morgan fingerprint density at radius 2 is 2.05 bits per heavy atom. The molecule has 11 nitrogen and oxygen atoms in total. The molecule has 0 aliphatic carbocycles. The van der Waals surface area contributed by atoms with Crippen LogP contribution in [0.15, 0.2) is 32.3 Å². The van der Waals surface area contributed by atoms with Crippen molar-refractivity contribution in [3.8, 4) is 17.9 Å². The standard InChI is InChI=1S/C25H27BrN8O3/c1-2-3-9-32-22-21(30-25(32)31-8-4-5-19(29)14-31)23(36)34(15-20(35)12-28)33(24(22)37)13-16-6-7-18(26)10-17(16)11-27/h6-7,10,19H,4-5,8-9,12-15,28-29H2,1H3. The number of hydrogen-bond donors (Lipinski definition) is 2. The van der Waals surface area contributed by atoms with Gasteiger partial charge in [-0.05, 0) is 37.5 Å². The molecule has 12 heteroatoms. The first-order valence-corrected chi connectivity index (χ1v) is 12.6. The molecule has 1 unspecified atom stereocenters. The van der Waals surface area contributed by atoms with Gasteiger partial charge in [-0.25, -0.2) is 14.3 Å². The molecular weight excluding hydrogens is 540 g/mol. The number of piperidine rings is 1. The monoisotopic (exact) mass is 566 g/mol. The van der Waals surface area contributed by atoms with Gasteiger partial charge in [-0.3, -0.25) is 19.0 Å². The molecule has 0 amide bonds. The van der Waals surface area contributed by atoms with Crippen LogP contribution in [0.3, 0.4) is 0 Å². The summed E-state index contributed by atoms with van der Waals surface area (Å²) in [6.07, 6.45) is 1.73. The molecule has 4 N–H and O–H groups in total. The van der Waals surface area contributed by atoms with Gasteiger partial charge in [0.05, 0.1) is 31.3 Å². The molecule has 3 heterocycles. The van der Waals surface area contributed by atoms with Gasteiger partial charge in [0.15, 0.2) is 11.3 Å². The largest absolute Gasteiger partial charge is 0.341 e. The number of Topliss-reactive ketones (excluding diaryl/α,β-unsaturated/α-hetero) is 1. The van der Waals surface area contributed by atoms with Gasteiger partial charge in [0.1, 0.15) is 12.1 Å². The number of aromatic nitrogens is 4. The second-order valence-corrected chi connectivity index (χ2v) is 9.77. The lowest BCUT2D eigenvalue weighted by atomic mass is 10.1. The van der Waals surface area contributed by atoms with Crippen molar-refractivity contribution in [3.05, 3.63) is 54.5 Å². The van der Waals surface area contributed by atoms with Gasteiger partial charge < -0.3 is 16.4 Å². The van der Waals surface area contributed by atoms with E-state index in [1.165, 1.54) is 4.68 Å². The first-order chi connectivity index (χ1) is 17.8. The van der Waals surface area contributed by atoms with Crippen LogP contribution in [0, 0.1) is 23.2 Å². The molecule has 1 aliphatic rings. The number of ketones is 1. The summed E-state index contributed by atoms with van der Waals surface area (Å²) in [5.41, 5.74) is 11.5. The lowest BCUT2D eigenvalue weighted by Crippen LogP contribution is -2.44. The maximum Gasteiger partial charge on any atom is 0.294 e. The third kappa shape index (κ3) is 5.23. The van der Waals surface area contributed by atoms with Gasteiger partial charge in [0, 0.05) is 23.6 Å². The highest BCUT2D eigenvalue weighted by Gasteiger charge is 2.27. The first-order valence-electron chi connectivity index (χ1n) is 11.8. The van der Waals surface area contributed by atoms with Gasteiger partial charge in [0.2, 0.25) is 5.95 Å². The van der Waals surface area contributed by atoms with Crippen LogP contribution in [0.1, 0.15) is 30.9 Å². The number of nitrogens with zero attached hydrogens (tertiary/aromatic N) is 6. The Balaban J connectivity index is 2.01. The number of halogens is 1. The van der Waals surface area contributed by atoms with E-state index in [1.54, 1.807) is 29.7 Å². The quantitative estimate of drug-likeness (QED) is 0.391. The second-order valence-electron chi connectivity index (χ2n) is 8.85. The molecule has 2 aromatic heterocycles. The van der Waals surface area contributed by atoms with Gasteiger partial charge in [-0.1, -0.05) is 27.9 Å².